The maximum Gasteiger partial charge on any atom is 0.175 e. The van der Waals surface area contributed by atoms with E-state index in [0.717, 1.165) is 91.5 Å². The monoisotopic (exact) mass is 1030 g/mol. The standard InChI is InChI=1S/C27H38N6O5S.C17H20ClN5O4S.CH4.H2S/c1-17-24(28)27(15-38-17)4-7-32(8-5-27)25-20(12-34)31-22(10-30-25)39-21-3-6-29-26-23(21)37-14-19-9-18(11-33(19)26)13-36-16-35-2;18-14-11(5-24)21-17(15(19)22-14)28-12-1-2-20-16-13(12)27-7-10-3-9(4-23(10)16)6-26-8-25;;/h3,6,10,17-19,24,34H,4-5,7-9,11-16,28H2,1-2H3;1-2,9-10,24-25H,3-8H2,(H2,19,22);1H4;1H2/t17-,18+,19-,24+;9?,10-;;/m00../s1. The molecule has 6 atom stereocenters. The second kappa shape index (κ2) is 23.7. The molecule has 378 valence electrons. The van der Waals surface area contributed by atoms with Gasteiger partial charge in [0.2, 0.25) is 0 Å². The van der Waals surface area contributed by atoms with Crippen LogP contribution in [0.15, 0.2) is 50.6 Å². The zero-order valence-corrected chi connectivity index (χ0v) is 41.4. The Labute approximate surface area is 423 Å². The maximum absolute atomic E-state index is 10.2. The number of ether oxygens (including phenoxy) is 6. The highest BCUT2D eigenvalue weighted by Crippen LogP contribution is 2.48. The molecule has 0 radical (unpaired) electrons. The third-order valence-electron chi connectivity index (χ3n) is 13.4. The van der Waals surface area contributed by atoms with Crippen LogP contribution in [0, 0.1) is 17.3 Å². The van der Waals surface area contributed by atoms with Crippen LogP contribution >= 0.6 is 48.6 Å². The molecular formula is C45H64ClN11O9S3. The summed E-state index contributed by atoms with van der Waals surface area (Å²) in [6.45, 7) is 7.95. The van der Waals surface area contributed by atoms with Crippen molar-refractivity contribution in [3.05, 3.63) is 47.3 Å². The minimum absolute atomic E-state index is 0. The average Bonchev–Trinajstić information content (AvgIpc) is 4.05. The van der Waals surface area contributed by atoms with Crippen molar-refractivity contribution in [2.24, 2.45) is 23.0 Å². The smallest absolute Gasteiger partial charge is 0.175 e. The molecule has 4 aromatic rings. The Morgan fingerprint density at radius 3 is 2.01 bits per heavy atom. The minimum Gasteiger partial charge on any atom is -0.486 e. The highest BCUT2D eigenvalue weighted by molar-refractivity contribution is 7.99. The first-order valence-corrected chi connectivity index (χ1v) is 24.5. The van der Waals surface area contributed by atoms with Gasteiger partial charge in [-0.05, 0) is 44.7 Å². The van der Waals surface area contributed by atoms with Crippen LogP contribution in [-0.4, -0.2) is 149 Å². The molecule has 4 fully saturated rings. The van der Waals surface area contributed by atoms with Gasteiger partial charge in [0.05, 0.1) is 67.2 Å². The normalized spacial score (nSPS) is 23.9. The third-order valence-corrected chi connectivity index (χ3v) is 15.7. The van der Waals surface area contributed by atoms with Crippen LogP contribution < -0.4 is 35.6 Å². The molecule has 24 heteroatoms. The van der Waals surface area contributed by atoms with Crippen molar-refractivity contribution in [3.8, 4) is 11.5 Å². The molecule has 4 aromatic heterocycles. The van der Waals surface area contributed by atoms with Crippen molar-refractivity contribution < 1.29 is 43.7 Å². The summed E-state index contributed by atoms with van der Waals surface area (Å²) in [5.74, 6) is 4.75. The number of aromatic nitrogens is 6. The van der Waals surface area contributed by atoms with E-state index < -0.39 is 0 Å². The lowest BCUT2D eigenvalue weighted by Gasteiger charge is -2.41. The molecule has 0 saturated carbocycles. The van der Waals surface area contributed by atoms with E-state index in [1.54, 1.807) is 19.5 Å². The molecule has 1 unspecified atom stereocenters. The number of aliphatic hydroxyl groups is 3. The van der Waals surface area contributed by atoms with Crippen molar-refractivity contribution in [1.29, 1.82) is 0 Å². The van der Waals surface area contributed by atoms with Crippen LogP contribution in [0.3, 0.4) is 0 Å². The van der Waals surface area contributed by atoms with E-state index in [1.165, 1.54) is 23.5 Å². The molecule has 69 heavy (non-hydrogen) atoms. The first-order valence-electron chi connectivity index (χ1n) is 22.5. The van der Waals surface area contributed by atoms with Gasteiger partial charge in [0.1, 0.15) is 48.2 Å². The summed E-state index contributed by atoms with van der Waals surface area (Å²) >= 11 is 8.72. The van der Waals surface area contributed by atoms with Gasteiger partial charge in [0.25, 0.3) is 0 Å². The molecule has 10 rings (SSSR count). The molecule has 7 N–H and O–H groups in total. The van der Waals surface area contributed by atoms with E-state index in [0.29, 0.717) is 72.6 Å². The number of anilines is 4. The number of nitrogen functional groups attached to an aromatic ring is 1. The van der Waals surface area contributed by atoms with Crippen LogP contribution in [0.2, 0.25) is 5.15 Å². The molecule has 0 aromatic carbocycles. The van der Waals surface area contributed by atoms with Crippen LogP contribution in [0.4, 0.5) is 23.3 Å². The molecule has 0 amide bonds. The number of nitrogens with zero attached hydrogens (tertiary/aromatic N) is 9. The van der Waals surface area contributed by atoms with Gasteiger partial charge in [-0.2, -0.15) is 13.5 Å². The van der Waals surface area contributed by atoms with Gasteiger partial charge in [0, 0.05) is 69.0 Å². The fraction of sp³-hybridized carbons (Fsp3) is 0.600. The molecule has 6 aliphatic heterocycles. The number of hydrogen-bond donors (Lipinski definition) is 5. The maximum atomic E-state index is 10.2. The molecule has 10 heterocycles. The van der Waals surface area contributed by atoms with Gasteiger partial charge < -0.3 is 69.9 Å². The first kappa shape index (κ1) is 53.1. The number of piperidine rings is 1. The number of hydrogen-bond acceptors (Lipinski definition) is 22. The lowest BCUT2D eigenvalue weighted by molar-refractivity contribution is -0.0414. The van der Waals surface area contributed by atoms with Gasteiger partial charge in [-0.15, -0.1) is 0 Å². The Bertz CT molecular complexity index is 2360. The number of halogens is 1. The zero-order valence-electron chi connectivity index (χ0n) is 38.0. The molecular weight excluding hydrogens is 970 g/mol. The van der Waals surface area contributed by atoms with Crippen LogP contribution in [0.25, 0.3) is 0 Å². The topological polar surface area (TPSA) is 255 Å². The number of nitrogens with two attached hydrogens (primary N) is 2. The van der Waals surface area contributed by atoms with E-state index >= 15 is 0 Å². The Morgan fingerprint density at radius 2 is 1.45 bits per heavy atom. The quantitative estimate of drug-likeness (QED) is 0.0880. The Balaban J connectivity index is 0.000000208. The highest BCUT2D eigenvalue weighted by atomic mass is 35.5. The van der Waals surface area contributed by atoms with Crippen LogP contribution in [0.5, 0.6) is 11.5 Å². The second-order valence-electron chi connectivity index (χ2n) is 17.7. The van der Waals surface area contributed by atoms with Crippen LogP contribution in [0.1, 0.15) is 51.4 Å². The predicted molar refractivity (Wildman–Crippen MR) is 267 cm³/mol. The Morgan fingerprint density at radius 1 is 0.841 bits per heavy atom. The highest BCUT2D eigenvalue weighted by Gasteiger charge is 2.48. The van der Waals surface area contributed by atoms with E-state index in [1.807, 2.05) is 18.3 Å². The fourth-order valence-corrected chi connectivity index (χ4v) is 11.9. The van der Waals surface area contributed by atoms with E-state index in [-0.39, 0.29) is 81.2 Å². The van der Waals surface area contributed by atoms with E-state index in [9.17, 15) is 10.2 Å². The summed E-state index contributed by atoms with van der Waals surface area (Å²) < 4.78 is 33.9. The van der Waals surface area contributed by atoms with Crippen molar-refractivity contribution in [3.63, 3.8) is 0 Å². The van der Waals surface area contributed by atoms with E-state index in [2.05, 4.69) is 41.6 Å². The first-order chi connectivity index (χ1) is 32.6. The van der Waals surface area contributed by atoms with Gasteiger partial charge in [-0.25, -0.2) is 29.9 Å². The number of pyridine rings is 2. The SMILES string of the molecule is C.COCOC[C@@H]1C[C@H]2COc3c(Sc4cnc(N5CCC6(CC5)CO[C@@H](C)[C@H]6N)c(CO)n4)ccnc3N2C1.Nc1nc(Cl)c(CO)nc1Sc1ccnc2c1OC[C@@H]1CC(COCO)CN21.S. The molecule has 0 bridgehead atoms. The summed E-state index contributed by atoms with van der Waals surface area (Å²) in [6.07, 6.45) is 9.23. The average molecular weight is 1030 g/mol. The molecule has 20 nitrogen and oxygen atoms in total. The van der Waals surface area contributed by atoms with Crippen molar-refractivity contribution in [2.75, 3.05) is 100 Å². The van der Waals surface area contributed by atoms with Gasteiger partial charge in [-0.3, -0.25) is 0 Å². The van der Waals surface area contributed by atoms with Crippen molar-refractivity contribution in [2.45, 2.75) is 97.3 Å². The minimum atomic E-state index is -0.322. The lowest BCUT2D eigenvalue weighted by Crippen LogP contribution is -2.51. The lowest BCUT2D eigenvalue weighted by atomic mass is 9.73. The number of fused-ring (bicyclic) bond motifs is 6. The second-order valence-corrected chi connectivity index (χ2v) is 20.1. The number of aliphatic hydroxyl groups excluding tert-OH is 3. The summed E-state index contributed by atoms with van der Waals surface area (Å²) in [7, 11) is 1.64. The molecule has 0 aliphatic carbocycles. The van der Waals surface area contributed by atoms with Crippen LogP contribution in [-0.2, 0) is 32.2 Å². The van der Waals surface area contributed by atoms with Crippen molar-refractivity contribution in [1.82, 2.24) is 29.9 Å². The number of methoxy groups -OCH3 is 1. The Kier molecular flexibility index (Phi) is 18.2. The molecule has 1 spiro atoms. The summed E-state index contributed by atoms with van der Waals surface area (Å²) in [4.78, 5) is 35.6. The predicted octanol–water partition coefficient (Wildman–Crippen LogP) is 4.11. The van der Waals surface area contributed by atoms with E-state index in [4.69, 9.17) is 66.6 Å². The fourth-order valence-electron chi connectivity index (χ4n) is 9.96. The largest absolute Gasteiger partial charge is 0.486 e. The summed E-state index contributed by atoms with van der Waals surface area (Å²) in [5.41, 5.74) is 13.3. The van der Waals surface area contributed by atoms with Gasteiger partial charge >= 0.3 is 0 Å². The third kappa shape index (κ3) is 11.3. The summed E-state index contributed by atoms with van der Waals surface area (Å²) in [6, 6.07) is 4.36. The van der Waals surface area contributed by atoms with Gasteiger partial charge in [0.15, 0.2) is 39.9 Å². The summed E-state index contributed by atoms with van der Waals surface area (Å²) in [5, 5.41) is 29.7. The van der Waals surface area contributed by atoms with Crippen molar-refractivity contribution >= 4 is 71.9 Å². The van der Waals surface area contributed by atoms with Gasteiger partial charge in [-0.1, -0.05) is 42.6 Å². The number of rotatable bonds is 14. The molecule has 4 saturated heterocycles. The molecule has 6 aliphatic rings. The Hall–Kier alpha value is -3.72. The zero-order chi connectivity index (χ0) is 46.7.